The van der Waals surface area contributed by atoms with Gasteiger partial charge in [-0.05, 0) is 19.1 Å². The first-order chi connectivity index (χ1) is 9.28. The van der Waals surface area contributed by atoms with Crippen LogP contribution in [-0.4, -0.2) is 52.4 Å². The van der Waals surface area contributed by atoms with Crippen LogP contribution < -0.4 is 0 Å². The molecule has 0 bridgehead atoms. The number of fused-ring (bicyclic) bond motifs is 1. The fourth-order valence-corrected chi connectivity index (χ4v) is 2.57. The van der Waals surface area contributed by atoms with Crippen LogP contribution in [0.2, 0.25) is 0 Å². The summed E-state index contributed by atoms with van der Waals surface area (Å²) in [5.41, 5.74) is 2.09. The Kier molecular flexibility index (Phi) is 3.21. The number of H-pyrrole nitrogens is 1. The molecule has 2 heterocycles. The monoisotopic (exact) mass is 258 g/mol. The van der Waals surface area contributed by atoms with Crippen molar-refractivity contribution in [1.82, 2.24) is 19.8 Å². The minimum atomic E-state index is 0.251. The maximum absolute atomic E-state index is 10.7. The number of amides is 1. The van der Waals surface area contributed by atoms with Crippen molar-refractivity contribution in [2.45, 2.75) is 13.0 Å². The molecule has 3 rings (SSSR count). The molecule has 1 N–H and O–H groups in total. The van der Waals surface area contributed by atoms with Gasteiger partial charge in [0.25, 0.3) is 0 Å². The van der Waals surface area contributed by atoms with Gasteiger partial charge in [-0.1, -0.05) is 12.1 Å². The van der Waals surface area contributed by atoms with Crippen molar-refractivity contribution < 1.29 is 4.79 Å². The molecule has 5 nitrogen and oxygen atoms in total. The summed E-state index contributed by atoms with van der Waals surface area (Å²) >= 11 is 0. The number of piperazine rings is 1. The van der Waals surface area contributed by atoms with Crippen LogP contribution in [0.4, 0.5) is 0 Å². The van der Waals surface area contributed by atoms with Crippen molar-refractivity contribution in [2.75, 3.05) is 26.2 Å². The Labute approximate surface area is 112 Å². The number of benzene rings is 1. The number of hydrogen-bond donors (Lipinski definition) is 1. The van der Waals surface area contributed by atoms with Gasteiger partial charge in [0.2, 0.25) is 6.41 Å². The zero-order valence-electron chi connectivity index (χ0n) is 11.0. The molecule has 1 amide bonds. The molecular formula is C14H18N4O. The molecule has 1 aliphatic rings. The Morgan fingerprint density at radius 2 is 2.00 bits per heavy atom. The second-order valence-corrected chi connectivity index (χ2v) is 4.99. The summed E-state index contributed by atoms with van der Waals surface area (Å²) in [5.74, 6) is 1.00. The van der Waals surface area contributed by atoms with E-state index >= 15 is 0 Å². The summed E-state index contributed by atoms with van der Waals surface area (Å²) in [5, 5.41) is 0. The van der Waals surface area contributed by atoms with Gasteiger partial charge in [0, 0.05) is 26.2 Å². The zero-order chi connectivity index (χ0) is 13.2. The standard InChI is InChI=1S/C14H18N4O/c1-11(18-8-6-17(10-19)7-9-18)14-15-12-4-2-3-5-13(12)16-14/h2-5,10-11H,6-9H2,1H3,(H,15,16). The molecule has 0 saturated carbocycles. The van der Waals surface area contributed by atoms with Gasteiger partial charge in [-0.2, -0.15) is 0 Å². The molecule has 1 atom stereocenters. The number of carbonyl (C=O) groups excluding carboxylic acids is 1. The van der Waals surface area contributed by atoms with Crippen LogP contribution >= 0.6 is 0 Å². The fraction of sp³-hybridized carbons (Fsp3) is 0.429. The highest BCUT2D eigenvalue weighted by molar-refractivity contribution is 5.74. The lowest BCUT2D eigenvalue weighted by molar-refractivity contribution is -0.120. The van der Waals surface area contributed by atoms with Gasteiger partial charge in [-0.3, -0.25) is 9.69 Å². The van der Waals surface area contributed by atoms with E-state index in [1.807, 2.05) is 29.2 Å². The highest BCUT2D eigenvalue weighted by atomic mass is 16.1. The average Bonchev–Trinajstić information content (AvgIpc) is 2.90. The van der Waals surface area contributed by atoms with Crippen LogP contribution in [-0.2, 0) is 4.79 Å². The summed E-state index contributed by atoms with van der Waals surface area (Å²) in [6, 6.07) is 8.33. The van der Waals surface area contributed by atoms with Crippen LogP contribution in [0.3, 0.4) is 0 Å². The van der Waals surface area contributed by atoms with Gasteiger partial charge < -0.3 is 9.88 Å². The van der Waals surface area contributed by atoms with Crippen LogP contribution in [0.1, 0.15) is 18.8 Å². The second-order valence-electron chi connectivity index (χ2n) is 4.99. The quantitative estimate of drug-likeness (QED) is 0.847. The minimum Gasteiger partial charge on any atom is -0.343 e. The SMILES string of the molecule is CC(c1nc2ccccc2[nH]1)N1CCN(C=O)CC1. The normalized spacial score (nSPS) is 18.7. The molecule has 19 heavy (non-hydrogen) atoms. The van der Waals surface area contributed by atoms with Crippen molar-refractivity contribution in [3.8, 4) is 0 Å². The van der Waals surface area contributed by atoms with E-state index in [2.05, 4.69) is 21.8 Å². The lowest BCUT2D eigenvalue weighted by Crippen LogP contribution is -2.46. The van der Waals surface area contributed by atoms with Gasteiger partial charge in [0.1, 0.15) is 5.82 Å². The highest BCUT2D eigenvalue weighted by Crippen LogP contribution is 2.21. The first-order valence-electron chi connectivity index (χ1n) is 6.66. The Hall–Kier alpha value is -1.88. The van der Waals surface area contributed by atoms with E-state index in [4.69, 9.17) is 0 Å². The average molecular weight is 258 g/mol. The van der Waals surface area contributed by atoms with E-state index in [0.717, 1.165) is 49.4 Å². The van der Waals surface area contributed by atoms with Crippen molar-refractivity contribution in [3.05, 3.63) is 30.1 Å². The molecule has 1 fully saturated rings. The summed E-state index contributed by atoms with van der Waals surface area (Å²) in [6.45, 7) is 5.56. The first-order valence-corrected chi connectivity index (χ1v) is 6.66. The van der Waals surface area contributed by atoms with Gasteiger partial charge in [0.05, 0.1) is 17.1 Å². The third kappa shape index (κ3) is 2.33. The second kappa shape index (κ2) is 5.01. The van der Waals surface area contributed by atoms with Crippen molar-refractivity contribution in [1.29, 1.82) is 0 Å². The molecule has 1 aromatic heterocycles. The zero-order valence-corrected chi connectivity index (χ0v) is 11.0. The highest BCUT2D eigenvalue weighted by Gasteiger charge is 2.23. The summed E-state index contributed by atoms with van der Waals surface area (Å²) in [4.78, 5) is 22.9. The number of nitrogens with one attached hydrogen (secondary N) is 1. The largest absolute Gasteiger partial charge is 0.343 e. The number of para-hydroxylation sites is 2. The maximum Gasteiger partial charge on any atom is 0.209 e. The number of rotatable bonds is 3. The Balaban J connectivity index is 1.76. The van der Waals surface area contributed by atoms with E-state index in [-0.39, 0.29) is 6.04 Å². The number of aromatic amines is 1. The van der Waals surface area contributed by atoms with Crippen molar-refractivity contribution in [3.63, 3.8) is 0 Å². The number of aromatic nitrogens is 2. The van der Waals surface area contributed by atoms with Crippen LogP contribution in [0.5, 0.6) is 0 Å². The Bertz CT molecular complexity index is 539. The van der Waals surface area contributed by atoms with E-state index in [9.17, 15) is 4.79 Å². The number of hydrogen-bond acceptors (Lipinski definition) is 3. The number of imidazole rings is 1. The summed E-state index contributed by atoms with van der Waals surface area (Å²) < 4.78 is 0. The Morgan fingerprint density at radius 3 is 2.68 bits per heavy atom. The fourth-order valence-electron chi connectivity index (χ4n) is 2.57. The molecule has 100 valence electrons. The summed E-state index contributed by atoms with van der Waals surface area (Å²) in [7, 11) is 0. The van der Waals surface area contributed by atoms with E-state index in [0.29, 0.717) is 0 Å². The molecule has 2 aromatic rings. The van der Waals surface area contributed by atoms with Gasteiger partial charge in [0.15, 0.2) is 0 Å². The predicted octanol–water partition coefficient (Wildman–Crippen LogP) is 1.40. The first kappa shape index (κ1) is 12.2. The topological polar surface area (TPSA) is 52.2 Å². The van der Waals surface area contributed by atoms with Crippen LogP contribution in [0.25, 0.3) is 11.0 Å². The van der Waals surface area contributed by atoms with Crippen LogP contribution in [0, 0.1) is 0 Å². The Morgan fingerprint density at radius 1 is 1.26 bits per heavy atom. The van der Waals surface area contributed by atoms with E-state index in [1.165, 1.54) is 0 Å². The molecule has 0 aliphatic carbocycles. The van der Waals surface area contributed by atoms with Gasteiger partial charge in [-0.15, -0.1) is 0 Å². The smallest absolute Gasteiger partial charge is 0.209 e. The van der Waals surface area contributed by atoms with Gasteiger partial charge in [-0.25, -0.2) is 4.98 Å². The van der Waals surface area contributed by atoms with E-state index in [1.54, 1.807) is 0 Å². The predicted molar refractivity (Wildman–Crippen MR) is 73.7 cm³/mol. The number of carbonyl (C=O) groups is 1. The van der Waals surface area contributed by atoms with Crippen molar-refractivity contribution in [2.24, 2.45) is 0 Å². The molecule has 5 heteroatoms. The minimum absolute atomic E-state index is 0.251. The third-order valence-corrected chi connectivity index (χ3v) is 3.85. The lowest BCUT2D eigenvalue weighted by atomic mass is 10.2. The summed E-state index contributed by atoms with van der Waals surface area (Å²) in [6.07, 6.45) is 0.934. The van der Waals surface area contributed by atoms with Crippen LogP contribution in [0.15, 0.2) is 24.3 Å². The number of nitrogens with zero attached hydrogens (tertiary/aromatic N) is 3. The van der Waals surface area contributed by atoms with Gasteiger partial charge >= 0.3 is 0 Å². The molecule has 0 radical (unpaired) electrons. The molecule has 0 spiro atoms. The van der Waals surface area contributed by atoms with Crippen molar-refractivity contribution >= 4 is 17.4 Å². The molecule has 1 aromatic carbocycles. The lowest BCUT2D eigenvalue weighted by Gasteiger charge is -2.35. The third-order valence-electron chi connectivity index (χ3n) is 3.85. The molecule has 1 saturated heterocycles. The molecule has 1 aliphatic heterocycles. The maximum atomic E-state index is 10.7. The molecular weight excluding hydrogens is 240 g/mol. The van der Waals surface area contributed by atoms with E-state index < -0.39 is 0 Å². The molecule has 1 unspecified atom stereocenters.